The largest absolute Gasteiger partial charge is 0.330 e. The van der Waals surface area contributed by atoms with Crippen LogP contribution in [0.2, 0.25) is 0 Å². The lowest BCUT2D eigenvalue weighted by Crippen LogP contribution is -2.31. The zero-order chi connectivity index (χ0) is 13.4. The molecule has 1 aliphatic carbocycles. The number of nitrogens with one attached hydrogen (secondary N) is 1. The molecule has 2 atom stereocenters. The maximum atomic E-state index is 6.04. The van der Waals surface area contributed by atoms with E-state index in [2.05, 4.69) is 37.4 Å². The van der Waals surface area contributed by atoms with Gasteiger partial charge in [0.15, 0.2) is 0 Å². The molecule has 0 aromatic rings. The molecule has 0 heterocycles. The highest BCUT2D eigenvalue weighted by Gasteiger charge is 2.27. The number of nitrogens with two attached hydrogens (primary N) is 1. The van der Waals surface area contributed by atoms with Gasteiger partial charge in [0.1, 0.15) is 0 Å². The summed E-state index contributed by atoms with van der Waals surface area (Å²) in [5.74, 6) is 0.711. The summed E-state index contributed by atoms with van der Waals surface area (Å²) in [6.45, 7) is 6.51. The van der Waals surface area contributed by atoms with Crippen molar-refractivity contribution in [1.82, 2.24) is 5.32 Å². The number of hydrogen-bond donors (Lipinski definition) is 2. The van der Waals surface area contributed by atoms with Gasteiger partial charge in [0, 0.05) is 0 Å². The van der Waals surface area contributed by atoms with E-state index in [1.165, 1.54) is 32.1 Å². The third kappa shape index (κ3) is 4.58. The van der Waals surface area contributed by atoms with Crippen molar-refractivity contribution >= 4 is 0 Å². The summed E-state index contributed by atoms with van der Waals surface area (Å²) in [6, 6.07) is 0. The smallest absolute Gasteiger partial charge is 0.00230 e. The van der Waals surface area contributed by atoms with E-state index in [0.29, 0.717) is 11.3 Å². The summed E-state index contributed by atoms with van der Waals surface area (Å²) in [7, 11) is 2.02. The minimum atomic E-state index is 0.293. The molecule has 2 nitrogen and oxygen atoms in total. The van der Waals surface area contributed by atoms with Crippen LogP contribution in [0.3, 0.4) is 0 Å². The van der Waals surface area contributed by atoms with Gasteiger partial charge in [-0.25, -0.2) is 0 Å². The van der Waals surface area contributed by atoms with E-state index in [0.717, 1.165) is 13.1 Å². The van der Waals surface area contributed by atoms with Crippen LogP contribution in [0.5, 0.6) is 0 Å². The Kier molecular flexibility index (Phi) is 6.66. The fourth-order valence-corrected chi connectivity index (χ4v) is 2.92. The first-order valence-corrected chi connectivity index (χ1v) is 7.35. The van der Waals surface area contributed by atoms with Crippen molar-refractivity contribution in [2.75, 3.05) is 20.1 Å². The molecule has 0 amide bonds. The van der Waals surface area contributed by atoms with Crippen molar-refractivity contribution in [2.24, 2.45) is 17.1 Å². The van der Waals surface area contributed by atoms with Gasteiger partial charge >= 0.3 is 0 Å². The summed E-state index contributed by atoms with van der Waals surface area (Å²) < 4.78 is 0. The highest BCUT2D eigenvalue weighted by Crippen LogP contribution is 2.37. The Balaban J connectivity index is 2.56. The van der Waals surface area contributed by atoms with Crippen molar-refractivity contribution in [3.05, 3.63) is 23.8 Å². The molecule has 0 aromatic carbocycles. The van der Waals surface area contributed by atoms with Gasteiger partial charge in [-0.15, -0.1) is 0 Å². The molecule has 0 aliphatic heterocycles. The van der Waals surface area contributed by atoms with Crippen LogP contribution >= 0.6 is 0 Å². The summed E-state index contributed by atoms with van der Waals surface area (Å²) in [5, 5.41) is 3.22. The number of rotatable bonds is 8. The van der Waals surface area contributed by atoms with Crippen molar-refractivity contribution in [3.63, 3.8) is 0 Å². The lowest BCUT2D eigenvalue weighted by atomic mass is 9.73. The van der Waals surface area contributed by atoms with Gasteiger partial charge in [-0.1, -0.05) is 37.6 Å². The van der Waals surface area contributed by atoms with Crippen LogP contribution in [0.25, 0.3) is 0 Å². The van der Waals surface area contributed by atoms with Gasteiger partial charge in [-0.05, 0) is 63.6 Å². The summed E-state index contributed by atoms with van der Waals surface area (Å²) in [5.41, 5.74) is 7.93. The lowest BCUT2D eigenvalue weighted by molar-refractivity contribution is 0.237. The third-order valence-electron chi connectivity index (χ3n) is 4.24. The van der Waals surface area contributed by atoms with Gasteiger partial charge in [-0.3, -0.25) is 0 Å². The molecular weight excluding hydrogens is 220 g/mol. The predicted molar refractivity (Wildman–Crippen MR) is 80.6 cm³/mol. The van der Waals surface area contributed by atoms with Gasteiger partial charge in [0.25, 0.3) is 0 Å². The Morgan fingerprint density at radius 3 is 2.89 bits per heavy atom. The van der Waals surface area contributed by atoms with E-state index in [4.69, 9.17) is 5.73 Å². The Morgan fingerprint density at radius 1 is 1.50 bits per heavy atom. The van der Waals surface area contributed by atoms with E-state index in [-0.39, 0.29) is 0 Å². The van der Waals surface area contributed by atoms with E-state index in [1.54, 1.807) is 5.57 Å². The van der Waals surface area contributed by atoms with Crippen LogP contribution in [0, 0.1) is 11.3 Å². The molecule has 0 fully saturated rings. The zero-order valence-electron chi connectivity index (χ0n) is 12.3. The third-order valence-corrected chi connectivity index (χ3v) is 4.24. The fraction of sp³-hybridized carbons (Fsp3) is 0.750. The summed E-state index contributed by atoms with van der Waals surface area (Å²) >= 11 is 0. The summed E-state index contributed by atoms with van der Waals surface area (Å²) in [6.07, 6.45) is 12.9. The monoisotopic (exact) mass is 250 g/mol. The van der Waals surface area contributed by atoms with Crippen LogP contribution in [0.4, 0.5) is 0 Å². The first kappa shape index (κ1) is 15.5. The van der Waals surface area contributed by atoms with E-state index >= 15 is 0 Å². The van der Waals surface area contributed by atoms with Gasteiger partial charge in [0.2, 0.25) is 0 Å². The standard InChI is InChI=1S/C16H30N2/c1-4-14-8-5-6-9-15(14)12-16(2,13-17)10-7-11-18-3/h5-6,8,15,18H,4,7,9-13,17H2,1-3H3. The first-order valence-electron chi connectivity index (χ1n) is 7.35. The molecule has 104 valence electrons. The van der Waals surface area contributed by atoms with Crippen molar-refractivity contribution in [1.29, 1.82) is 0 Å². The Hall–Kier alpha value is -0.600. The maximum Gasteiger partial charge on any atom is -0.00230 e. The summed E-state index contributed by atoms with van der Waals surface area (Å²) in [4.78, 5) is 0. The molecule has 0 saturated carbocycles. The molecule has 0 radical (unpaired) electrons. The molecule has 0 spiro atoms. The molecule has 3 N–H and O–H groups in total. The molecular formula is C16H30N2. The average Bonchev–Trinajstić information content (AvgIpc) is 2.40. The predicted octanol–water partition coefficient (Wildman–Crippen LogP) is 3.25. The second-order valence-electron chi connectivity index (χ2n) is 5.88. The molecule has 0 bridgehead atoms. The van der Waals surface area contributed by atoms with E-state index in [9.17, 15) is 0 Å². The minimum absolute atomic E-state index is 0.293. The van der Waals surface area contributed by atoms with Crippen LogP contribution < -0.4 is 11.1 Å². The van der Waals surface area contributed by atoms with Crippen LogP contribution in [-0.2, 0) is 0 Å². The maximum absolute atomic E-state index is 6.04. The topological polar surface area (TPSA) is 38.0 Å². The highest BCUT2D eigenvalue weighted by atomic mass is 14.8. The minimum Gasteiger partial charge on any atom is -0.330 e. The molecule has 2 heteroatoms. The second-order valence-corrected chi connectivity index (χ2v) is 5.88. The second kappa shape index (κ2) is 7.75. The van der Waals surface area contributed by atoms with Crippen molar-refractivity contribution in [2.45, 2.75) is 46.0 Å². The van der Waals surface area contributed by atoms with Crippen LogP contribution in [0.15, 0.2) is 23.8 Å². The Bertz CT molecular complexity index is 293. The van der Waals surface area contributed by atoms with Gasteiger partial charge in [0.05, 0.1) is 0 Å². The normalized spacial score (nSPS) is 22.7. The lowest BCUT2D eigenvalue weighted by Gasteiger charge is -2.34. The Labute approximate surface area is 113 Å². The molecule has 0 aromatic heterocycles. The van der Waals surface area contributed by atoms with Gasteiger partial charge in [-0.2, -0.15) is 0 Å². The molecule has 1 rings (SSSR count). The van der Waals surface area contributed by atoms with Gasteiger partial charge < -0.3 is 11.1 Å². The molecule has 2 unspecified atom stereocenters. The van der Waals surface area contributed by atoms with Crippen LogP contribution in [-0.4, -0.2) is 20.1 Å². The number of hydrogen-bond acceptors (Lipinski definition) is 2. The average molecular weight is 250 g/mol. The van der Waals surface area contributed by atoms with Crippen LogP contribution in [0.1, 0.15) is 46.0 Å². The fourth-order valence-electron chi connectivity index (χ4n) is 2.92. The SMILES string of the molecule is CCC1=CC=CCC1CC(C)(CN)CCCNC. The number of allylic oxidation sites excluding steroid dienone is 4. The molecule has 1 aliphatic rings. The van der Waals surface area contributed by atoms with E-state index < -0.39 is 0 Å². The zero-order valence-corrected chi connectivity index (χ0v) is 12.3. The van der Waals surface area contributed by atoms with E-state index in [1.807, 2.05) is 7.05 Å². The highest BCUT2D eigenvalue weighted by molar-refractivity contribution is 5.21. The Morgan fingerprint density at radius 2 is 2.28 bits per heavy atom. The van der Waals surface area contributed by atoms with Crippen molar-refractivity contribution in [3.8, 4) is 0 Å². The molecule has 18 heavy (non-hydrogen) atoms. The quantitative estimate of drug-likeness (QED) is 0.649. The molecule has 0 saturated heterocycles. The first-order chi connectivity index (χ1) is 8.65. The van der Waals surface area contributed by atoms with Crippen molar-refractivity contribution < 1.29 is 0 Å².